The van der Waals surface area contributed by atoms with E-state index in [-0.39, 0.29) is 24.2 Å². The van der Waals surface area contributed by atoms with Crippen LogP contribution in [0.25, 0.3) is 0 Å². The van der Waals surface area contributed by atoms with Crippen molar-refractivity contribution >= 4 is 18.3 Å². The standard InChI is InChI=1S/C13H18N2O2.ClH/c1-9-3-4-10(12(5-9)17-2)8-15-13(16)11-6-14-7-11;/h3-5,11,14H,6-8H2,1-2H3,(H,15,16);1H. The molecule has 0 aliphatic carbocycles. The van der Waals surface area contributed by atoms with E-state index >= 15 is 0 Å². The second-order valence-corrected chi connectivity index (χ2v) is 4.39. The van der Waals surface area contributed by atoms with Gasteiger partial charge >= 0.3 is 0 Å². The number of carbonyl (C=O) groups is 1. The van der Waals surface area contributed by atoms with E-state index < -0.39 is 0 Å². The van der Waals surface area contributed by atoms with E-state index in [2.05, 4.69) is 10.6 Å². The van der Waals surface area contributed by atoms with E-state index in [0.29, 0.717) is 6.54 Å². The second kappa shape index (κ2) is 6.61. The molecule has 1 saturated heterocycles. The SMILES string of the molecule is COc1cc(C)ccc1CNC(=O)C1CNC1.Cl. The Labute approximate surface area is 114 Å². The summed E-state index contributed by atoms with van der Waals surface area (Å²) in [6.45, 7) is 4.12. The average molecular weight is 271 g/mol. The van der Waals surface area contributed by atoms with Gasteiger partial charge in [-0.3, -0.25) is 4.79 Å². The van der Waals surface area contributed by atoms with Gasteiger partial charge in [0.2, 0.25) is 5.91 Å². The first-order valence-electron chi connectivity index (χ1n) is 5.82. The highest BCUT2D eigenvalue weighted by molar-refractivity contribution is 5.85. The van der Waals surface area contributed by atoms with Crippen molar-refractivity contribution in [2.24, 2.45) is 5.92 Å². The first-order valence-corrected chi connectivity index (χ1v) is 5.82. The van der Waals surface area contributed by atoms with E-state index in [1.807, 2.05) is 25.1 Å². The molecule has 18 heavy (non-hydrogen) atoms. The van der Waals surface area contributed by atoms with Gasteiger partial charge in [-0.2, -0.15) is 0 Å². The van der Waals surface area contributed by atoms with Gasteiger partial charge in [0.1, 0.15) is 5.75 Å². The zero-order valence-corrected chi connectivity index (χ0v) is 11.5. The predicted octanol–water partition coefficient (Wildman–Crippen LogP) is 1.26. The highest BCUT2D eigenvalue weighted by atomic mass is 35.5. The Morgan fingerprint density at radius 1 is 1.50 bits per heavy atom. The predicted molar refractivity (Wildman–Crippen MR) is 73.2 cm³/mol. The molecule has 4 nitrogen and oxygen atoms in total. The van der Waals surface area contributed by atoms with Crippen molar-refractivity contribution in [1.82, 2.24) is 10.6 Å². The fourth-order valence-electron chi connectivity index (χ4n) is 1.80. The molecule has 1 aromatic rings. The Kier molecular flexibility index (Phi) is 5.44. The van der Waals surface area contributed by atoms with Gasteiger partial charge in [0.15, 0.2) is 0 Å². The lowest BCUT2D eigenvalue weighted by molar-refractivity contribution is -0.126. The third-order valence-corrected chi connectivity index (χ3v) is 3.05. The van der Waals surface area contributed by atoms with Crippen LogP contribution in [-0.4, -0.2) is 26.1 Å². The zero-order valence-electron chi connectivity index (χ0n) is 10.7. The fraction of sp³-hybridized carbons (Fsp3) is 0.462. The van der Waals surface area contributed by atoms with Crippen molar-refractivity contribution < 1.29 is 9.53 Å². The molecule has 1 heterocycles. The average Bonchev–Trinajstić information content (AvgIpc) is 2.24. The lowest BCUT2D eigenvalue weighted by atomic mass is 10.0. The lowest BCUT2D eigenvalue weighted by Crippen LogP contribution is -2.50. The molecule has 0 bridgehead atoms. The summed E-state index contributed by atoms with van der Waals surface area (Å²) in [6.07, 6.45) is 0. The molecule has 0 radical (unpaired) electrons. The molecule has 0 aromatic heterocycles. The van der Waals surface area contributed by atoms with Gasteiger partial charge in [-0.05, 0) is 18.6 Å². The van der Waals surface area contributed by atoms with Crippen LogP contribution in [0, 0.1) is 12.8 Å². The fourth-order valence-corrected chi connectivity index (χ4v) is 1.80. The smallest absolute Gasteiger partial charge is 0.225 e. The van der Waals surface area contributed by atoms with Crippen LogP contribution in [-0.2, 0) is 11.3 Å². The summed E-state index contributed by atoms with van der Waals surface area (Å²) in [5.74, 6) is 1.08. The summed E-state index contributed by atoms with van der Waals surface area (Å²) in [4.78, 5) is 11.7. The molecule has 2 rings (SSSR count). The Balaban J connectivity index is 0.00000162. The van der Waals surface area contributed by atoms with Crippen LogP contribution < -0.4 is 15.4 Å². The first-order chi connectivity index (χ1) is 8.20. The first kappa shape index (κ1) is 14.8. The summed E-state index contributed by atoms with van der Waals surface area (Å²) in [5.41, 5.74) is 2.17. The summed E-state index contributed by atoms with van der Waals surface area (Å²) in [5, 5.41) is 6.02. The molecule has 1 aliphatic rings. The van der Waals surface area contributed by atoms with Crippen LogP contribution in [0.15, 0.2) is 18.2 Å². The molecule has 1 aromatic carbocycles. The van der Waals surface area contributed by atoms with E-state index in [0.717, 1.165) is 30.0 Å². The van der Waals surface area contributed by atoms with Crippen molar-refractivity contribution in [2.75, 3.05) is 20.2 Å². The Hall–Kier alpha value is -1.26. The Morgan fingerprint density at radius 2 is 2.22 bits per heavy atom. The third-order valence-electron chi connectivity index (χ3n) is 3.05. The van der Waals surface area contributed by atoms with Crippen LogP contribution >= 0.6 is 12.4 Å². The van der Waals surface area contributed by atoms with Crippen molar-refractivity contribution in [3.63, 3.8) is 0 Å². The molecule has 0 spiro atoms. The number of hydrogen-bond acceptors (Lipinski definition) is 3. The number of rotatable bonds is 4. The summed E-state index contributed by atoms with van der Waals surface area (Å²) in [7, 11) is 1.65. The van der Waals surface area contributed by atoms with E-state index in [9.17, 15) is 4.79 Å². The molecule has 1 amide bonds. The quantitative estimate of drug-likeness (QED) is 0.866. The summed E-state index contributed by atoms with van der Waals surface area (Å²) < 4.78 is 5.30. The molecule has 5 heteroatoms. The molecule has 0 unspecified atom stereocenters. The molecular formula is C13H19ClN2O2. The number of hydrogen-bond donors (Lipinski definition) is 2. The zero-order chi connectivity index (χ0) is 12.3. The van der Waals surface area contributed by atoms with Gasteiger partial charge in [0.25, 0.3) is 0 Å². The highest BCUT2D eigenvalue weighted by Gasteiger charge is 2.24. The van der Waals surface area contributed by atoms with Crippen molar-refractivity contribution in [3.8, 4) is 5.75 Å². The molecular weight excluding hydrogens is 252 g/mol. The van der Waals surface area contributed by atoms with E-state index in [1.54, 1.807) is 7.11 Å². The van der Waals surface area contributed by atoms with Crippen molar-refractivity contribution in [2.45, 2.75) is 13.5 Å². The molecule has 2 N–H and O–H groups in total. The Bertz CT molecular complexity index is 419. The number of benzene rings is 1. The lowest BCUT2D eigenvalue weighted by Gasteiger charge is -2.25. The van der Waals surface area contributed by atoms with E-state index in [4.69, 9.17) is 4.74 Å². The van der Waals surface area contributed by atoms with Crippen LogP contribution in [0.3, 0.4) is 0 Å². The summed E-state index contributed by atoms with van der Waals surface area (Å²) >= 11 is 0. The number of carbonyl (C=O) groups excluding carboxylic acids is 1. The van der Waals surface area contributed by atoms with Crippen molar-refractivity contribution in [3.05, 3.63) is 29.3 Å². The number of halogens is 1. The monoisotopic (exact) mass is 270 g/mol. The van der Waals surface area contributed by atoms with Gasteiger partial charge in [-0.15, -0.1) is 12.4 Å². The normalized spacial score (nSPS) is 14.3. The minimum Gasteiger partial charge on any atom is -0.496 e. The topological polar surface area (TPSA) is 50.4 Å². The van der Waals surface area contributed by atoms with E-state index in [1.165, 1.54) is 0 Å². The number of methoxy groups -OCH3 is 1. The maximum Gasteiger partial charge on any atom is 0.225 e. The molecule has 0 atom stereocenters. The van der Waals surface area contributed by atoms with Crippen LogP contribution in [0.1, 0.15) is 11.1 Å². The number of nitrogens with one attached hydrogen (secondary N) is 2. The minimum absolute atomic E-state index is 0. The maximum atomic E-state index is 11.7. The second-order valence-electron chi connectivity index (χ2n) is 4.39. The molecule has 1 aliphatic heterocycles. The molecule has 0 saturated carbocycles. The van der Waals surface area contributed by atoms with Gasteiger partial charge in [-0.25, -0.2) is 0 Å². The maximum absolute atomic E-state index is 11.7. The molecule has 1 fully saturated rings. The number of aryl methyl sites for hydroxylation is 1. The largest absolute Gasteiger partial charge is 0.496 e. The Morgan fingerprint density at radius 3 is 2.78 bits per heavy atom. The van der Waals surface area contributed by atoms with Gasteiger partial charge in [-0.1, -0.05) is 12.1 Å². The number of ether oxygens (including phenoxy) is 1. The third kappa shape index (κ3) is 3.37. The van der Waals surface area contributed by atoms with Gasteiger partial charge < -0.3 is 15.4 Å². The minimum atomic E-state index is 0. The van der Waals surface area contributed by atoms with Crippen LogP contribution in [0.4, 0.5) is 0 Å². The summed E-state index contributed by atoms with van der Waals surface area (Å²) in [6, 6.07) is 5.99. The van der Waals surface area contributed by atoms with Crippen LogP contribution in [0.5, 0.6) is 5.75 Å². The van der Waals surface area contributed by atoms with Crippen molar-refractivity contribution in [1.29, 1.82) is 0 Å². The molecule has 100 valence electrons. The van der Waals surface area contributed by atoms with Crippen LogP contribution in [0.2, 0.25) is 0 Å². The van der Waals surface area contributed by atoms with Gasteiger partial charge in [0.05, 0.1) is 13.0 Å². The number of amides is 1. The highest BCUT2D eigenvalue weighted by Crippen LogP contribution is 2.19. The van der Waals surface area contributed by atoms with Gasteiger partial charge in [0, 0.05) is 25.2 Å².